The lowest BCUT2D eigenvalue weighted by Crippen LogP contribution is -2.46. The van der Waals surface area contributed by atoms with Crippen LogP contribution < -0.4 is 0 Å². The van der Waals surface area contributed by atoms with Crippen molar-refractivity contribution in [2.75, 3.05) is 0 Å². The first-order chi connectivity index (χ1) is 14.9. The van der Waals surface area contributed by atoms with Gasteiger partial charge in [-0.2, -0.15) is 0 Å². The quantitative estimate of drug-likeness (QED) is 0.363. The molecule has 2 N–H and O–H groups in total. The molecule has 0 saturated heterocycles. The largest absolute Gasteiger partial charge is 0.478 e. The molecule has 0 radical (unpaired) electrons. The summed E-state index contributed by atoms with van der Waals surface area (Å²) in [5.74, 6) is -1.94. The summed E-state index contributed by atoms with van der Waals surface area (Å²) in [7, 11) is 0. The van der Waals surface area contributed by atoms with Crippen LogP contribution in [0.15, 0.2) is 36.4 Å². The van der Waals surface area contributed by atoms with E-state index < -0.39 is 20.6 Å². The number of benzene rings is 3. The number of aryl methyl sites for hydroxylation is 4. The zero-order valence-corrected chi connectivity index (χ0v) is 21.1. The van der Waals surface area contributed by atoms with Gasteiger partial charge in [0.25, 0.3) is 0 Å². The molecule has 3 aliphatic rings. The highest BCUT2D eigenvalue weighted by molar-refractivity contribution is 9.10. The van der Waals surface area contributed by atoms with E-state index in [1.54, 1.807) is 26.0 Å². The number of halogens is 2. The van der Waals surface area contributed by atoms with Crippen molar-refractivity contribution in [1.82, 2.24) is 0 Å². The smallest absolute Gasteiger partial charge is 0.335 e. The lowest BCUT2D eigenvalue weighted by Gasteiger charge is -2.52. The number of rotatable bonds is 2. The molecular formula is C26H20Br2O4. The summed E-state index contributed by atoms with van der Waals surface area (Å²) in [6, 6.07) is 11.7. The lowest BCUT2D eigenvalue weighted by atomic mass is 9.59. The van der Waals surface area contributed by atoms with Gasteiger partial charge in [0.15, 0.2) is 0 Å². The maximum atomic E-state index is 12.0. The Hall–Kier alpha value is -2.44. The topological polar surface area (TPSA) is 74.6 Å². The molecule has 2 unspecified atom stereocenters. The van der Waals surface area contributed by atoms with E-state index >= 15 is 0 Å². The van der Waals surface area contributed by atoms with Crippen molar-refractivity contribution < 1.29 is 19.8 Å². The van der Waals surface area contributed by atoms with Gasteiger partial charge in [0.1, 0.15) is 8.65 Å². The number of hydrogen-bond donors (Lipinski definition) is 2. The molecule has 0 aliphatic heterocycles. The minimum absolute atomic E-state index is 0.261. The van der Waals surface area contributed by atoms with Gasteiger partial charge in [0, 0.05) is 0 Å². The highest BCUT2D eigenvalue weighted by Crippen LogP contribution is 2.67. The molecular weight excluding hydrogens is 536 g/mol. The third kappa shape index (κ3) is 2.42. The van der Waals surface area contributed by atoms with Crippen LogP contribution in [0.1, 0.15) is 76.4 Å². The van der Waals surface area contributed by atoms with Gasteiger partial charge in [0.2, 0.25) is 0 Å². The van der Waals surface area contributed by atoms with E-state index in [1.807, 2.05) is 12.1 Å². The van der Waals surface area contributed by atoms with Crippen molar-refractivity contribution in [3.05, 3.63) is 103 Å². The summed E-state index contributed by atoms with van der Waals surface area (Å²) >= 11 is 8.11. The first-order valence-corrected chi connectivity index (χ1v) is 11.8. The third-order valence-corrected chi connectivity index (χ3v) is 9.61. The lowest BCUT2D eigenvalue weighted by molar-refractivity contribution is 0.0684. The van der Waals surface area contributed by atoms with Crippen LogP contribution in [0, 0.1) is 27.7 Å². The van der Waals surface area contributed by atoms with Crippen LogP contribution in [0.3, 0.4) is 0 Å². The SMILES string of the molecule is Cc1cc2c(cc1C)C1(Br)c3cc(C)c(C(=O)O)cc3C2(Br)c2cc(C)c(C(=O)O)cc21. The molecule has 3 aliphatic carbocycles. The monoisotopic (exact) mass is 554 g/mol. The molecule has 0 saturated carbocycles. The molecule has 6 heteroatoms. The zero-order valence-electron chi connectivity index (χ0n) is 17.9. The van der Waals surface area contributed by atoms with E-state index in [4.69, 9.17) is 0 Å². The average Bonchev–Trinajstić information content (AvgIpc) is 2.71. The van der Waals surface area contributed by atoms with Crippen molar-refractivity contribution in [1.29, 1.82) is 0 Å². The van der Waals surface area contributed by atoms with E-state index in [9.17, 15) is 19.8 Å². The molecule has 0 fully saturated rings. The number of carboxylic acids is 2. The summed E-state index contributed by atoms with van der Waals surface area (Å²) in [4.78, 5) is 23.9. The minimum Gasteiger partial charge on any atom is -0.478 e. The molecule has 0 spiro atoms. The predicted molar refractivity (Wildman–Crippen MR) is 130 cm³/mol. The van der Waals surface area contributed by atoms with Crippen LogP contribution in [0.2, 0.25) is 0 Å². The Bertz CT molecular complexity index is 1300. The van der Waals surface area contributed by atoms with Crippen molar-refractivity contribution in [3.8, 4) is 0 Å². The van der Waals surface area contributed by atoms with Crippen LogP contribution in [0.4, 0.5) is 0 Å². The number of aromatic carboxylic acids is 2. The average molecular weight is 556 g/mol. The molecule has 2 atom stereocenters. The van der Waals surface area contributed by atoms with Crippen molar-refractivity contribution in [2.24, 2.45) is 0 Å². The Kier molecular flexibility index (Phi) is 4.38. The Morgan fingerprint density at radius 2 is 0.812 bits per heavy atom. The van der Waals surface area contributed by atoms with Gasteiger partial charge in [-0.05, 0) is 95.5 Å². The van der Waals surface area contributed by atoms with Crippen LogP contribution in [0.5, 0.6) is 0 Å². The Balaban J connectivity index is 2.00. The van der Waals surface area contributed by atoms with Gasteiger partial charge < -0.3 is 10.2 Å². The Labute approximate surface area is 202 Å². The van der Waals surface area contributed by atoms with Crippen LogP contribution in [-0.2, 0) is 8.65 Å². The molecule has 2 bridgehead atoms. The zero-order chi connectivity index (χ0) is 23.3. The van der Waals surface area contributed by atoms with Crippen LogP contribution >= 0.6 is 31.9 Å². The first kappa shape index (κ1) is 21.4. The molecule has 3 aromatic carbocycles. The van der Waals surface area contributed by atoms with Crippen molar-refractivity contribution >= 4 is 43.8 Å². The van der Waals surface area contributed by atoms with Crippen LogP contribution in [0.25, 0.3) is 0 Å². The van der Waals surface area contributed by atoms with Crippen LogP contribution in [-0.4, -0.2) is 22.2 Å². The summed E-state index contributed by atoms with van der Waals surface area (Å²) in [6.45, 7) is 7.72. The normalized spacial score (nSPS) is 22.2. The number of carboxylic acid groups (broad SMARTS) is 2. The van der Waals surface area contributed by atoms with E-state index in [0.717, 1.165) is 44.5 Å². The fraction of sp³-hybridized carbons (Fsp3) is 0.231. The molecule has 6 rings (SSSR count). The Morgan fingerprint density at radius 3 is 1.09 bits per heavy atom. The second-order valence-corrected chi connectivity index (χ2v) is 11.2. The van der Waals surface area contributed by atoms with E-state index in [1.165, 1.54) is 0 Å². The molecule has 162 valence electrons. The van der Waals surface area contributed by atoms with Gasteiger partial charge in [0.05, 0.1) is 11.1 Å². The molecule has 0 aromatic heterocycles. The second kappa shape index (κ2) is 6.55. The summed E-state index contributed by atoms with van der Waals surface area (Å²) in [5, 5.41) is 19.6. The van der Waals surface area contributed by atoms with Crippen molar-refractivity contribution in [2.45, 2.75) is 36.3 Å². The number of carbonyl (C=O) groups is 2. The van der Waals surface area contributed by atoms with Gasteiger partial charge in [-0.3, -0.25) is 0 Å². The van der Waals surface area contributed by atoms with E-state index in [-0.39, 0.29) is 11.1 Å². The molecule has 3 aromatic rings. The van der Waals surface area contributed by atoms with Gasteiger partial charge in [-0.25, -0.2) is 9.59 Å². The highest BCUT2D eigenvalue weighted by atomic mass is 79.9. The number of alkyl halides is 2. The summed E-state index contributed by atoms with van der Waals surface area (Å²) in [5.41, 5.74) is 9.80. The maximum absolute atomic E-state index is 12.0. The van der Waals surface area contributed by atoms with Crippen molar-refractivity contribution in [3.63, 3.8) is 0 Å². The van der Waals surface area contributed by atoms with E-state index in [0.29, 0.717) is 11.1 Å². The van der Waals surface area contributed by atoms with Gasteiger partial charge in [-0.15, -0.1) is 0 Å². The maximum Gasteiger partial charge on any atom is 0.335 e. The fourth-order valence-corrected chi connectivity index (χ4v) is 7.24. The standard InChI is InChI=1S/C26H20Br2O4/c1-11-5-17-18(6-12(11)2)26(28)20-8-14(4)15(23(29)30)9-21(20)25(17,27)19-7-13(3)16(24(31)32)10-22(19)26/h5-10H,1-4H3,(H,29,30)(H,31,32). The summed E-state index contributed by atoms with van der Waals surface area (Å²) in [6.07, 6.45) is 0. The molecule has 4 nitrogen and oxygen atoms in total. The van der Waals surface area contributed by atoms with E-state index in [2.05, 4.69) is 57.8 Å². The first-order valence-electron chi connectivity index (χ1n) is 10.2. The highest BCUT2D eigenvalue weighted by Gasteiger charge is 2.58. The minimum atomic E-state index is -0.968. The second-order valence-electron chi connectivity index (χ2n) is 8.83. The Morgan fingerprint density at radius 1 is 0.562 bits per heavy atom. The molecule has 32 heavy (non-hydrogen) atoms. The fourth-order valence-electron chi connectivity index (χ4n) is 5.27. The number of hydrogen-bond acceptors (Lipinski definition) is 2. The molecule has 0 amide bonds. The van der Waals surface area contributed by atoms with Gasteiger partial charge >= 0.3 is 11.9 Å². The van der Waals surface area contributed by atoms with Gasteiger partial charge in [-0.1, -0.05) is 56.1 Å². The third-order valence-electron chi connectivity index (χ3n) is 7.05. The summed E-state index contributed by atoms with van der Waals surface area (Å²) < 4.78 is -1.58. The molecule has 0 heterocycles. The predicted octanol–water partition coefficient (Wildman–Crippen LogP) is 6.32.